The molecule has 35 heavy (non-hydrogen) atoms. The molecule has 4 heterocycles. The number of nitrogens with zero attached hydrogens (tertiary/aromatic N) is 3. The number of esters is 1. The molecule has 3 aliphatic heterocycles. The van der Waals surface area contributed by atoms with Gasteiger partial charge in [-0.05, 0) is 18.4 Å². The number of ether oxygens (including phenoxy) is 1. The highest BCUT2D eigenvalue weighted by Gasteiger charge is 2.52. The number of quaternary nitrogens is 1. The van der Waals surface area contributed by atoms with E-state index in [2.05, 4.69) is 15.3 Å². The average molecular weight is 480 g/mol. The van der Waals surface area contributed by atoms with Crippen LogP contribution in [0.2, 0.25) is 0 Å². The highest BCUT2D eigenvalue weighted by Crippen LogP contribution is 2.42. The molecular weight excluding hydrogens is 444 g/mol. The van der Waals surface area contributed by atoms with Crippen molar-refractivity contribution in [2.45, 2.75) is 56.7 Å². The van der Waals surface area contributed by atoms with Gasteiger partial charge in [0.25, 0.3) is 5.91 Å². The molecule has 2 N–H and O–H groups in total. The Morgan fingerprint density at radius 3 is 2.49 bits per heavy atom. The third kappa shape index (κ3) is 4.95. The summed E-state index contributed by atoms with van der Waals surface area (Å²) in [6.07, 6.45) is 11.0. The van der Waals surface area contributed by atoms with Crippen molar-refractivity contribution in [1.82, 2.24) is 9.97 Å². The van der Waals surface area contributed by atoms with Crippen molar-refractivity contribution < 1.29 is 23.9 Å². The third-order valence-corrected chi connectivity index (χ3v) is 8.33. The van der Waals surface area contributed by atoms with Crippen LogP contribution in [0.1, 0.15) is 50.5 Å². The molecule has 2 aromatic rings. The van der Waals surface area contributed by atoms with Gasteiger partial charge in [0.15, 0.2) is 24.1 Å². The highest BCUT2D eigenvalue weighted by molar-refractivity contribution is 5.90. The zero-order chi connectivity index (χ0) is 24.3. The fourth-order valence-electron chi connectivity index (χ4n) is 6.39. The van der Waals surface area contributed by atoms with Gasteiger partial charge in [-0.25, -0.2) is 9.78 Å². The first kappa shape index (κ1) is 23.9. The number of hydrogen-bond acceptors (Lipinski definition) is 6. The van der Waals surface area contributed by atoms with E-state index in [1.54, 1.807) is 12.4 Å². The predicted octanol–water partition coefficient (Wildman–Crippen LogP) is 3.04. The predicted molar refractivity (Wildman–Crippen MR) is 130 cm³/mol. The highest BCUT2D eigenvalue weighted by atomic mass is 16.6. The van der Waals surface area contributed by atoms with Crippen molar-refractivity contribution in [2.24, 2.45) is 11.8 Å². The second-order valence-corrected chi connectivity index (χ2v) is 10.5. The second-order valence-electron chi connectivity index (χ2n) is 10.5. The maximum Gasteiger partial charge on any atom is 0.343 e. The van der Waals surface area contributed by atoms with Crippen LogP contribution in [0.3, 0.4) is 0 Å². The van der Waals surface area contributed by atoms with E-state index in [-0.39, 0.29) is 23.8 Å². The molecule has 8 nitrogen and oxygen atoms in total. The lowest BCUT2D eigenvalue weighted by atomic mass is 9.73. The Hall–Kier alpha value is -2.84. The van der Waals surface area contributed by atoms with Gasteiger partial charge in [-0.1, -0.05) is 49.6 Å². The number of aromatic nitrogens is 2. The lowest BCUT2D eigenvalue weighted by molar-refractivity contribution is -0.939. The van der Waals surface area contributed by atoms with Gasteiger partial charge in [-0.2, -0.15) is 0 Å². The number of nitrogens with one attached hydrogen (secondary N) is 1. The zero-order valence-electron chi connectivity index (χ0n) is 20.1. The van der Waals surface area contributed by atoms with E-state index in [4.69, 9.17) is 4.74 Å². The SMILES string of the molecule is O=C(C[N+]12CCC(CC1)[C@@H](OC(=O)C(O)(c1ccccc1)C1CCCCC1)C2)Nc1cnccn1. The Balaban J connectivity index is 1.30. The van der Waals surface area contributed by atoms with Crippen LogP contribution >= 0.6 is 0 Å². The lowest BCUT2D eigenvalue weighted by Gasteiger charge is -2.52. The molecule has 1 saturated carbocycles. The van der Waals surface area contributed by atoms with E-state index in [0.717, 1.165) is 58.0 Å². The normalized spacial score (nSPS) is 28.1. The number of carbonyl (C=O) groups excluding carboxylic acids is 2. The van der Waals surface area contributed by atoms with Crippen LogP contribution in [-0.2, 0) is 19.9 Å². The summed E-state index contributed by atoms with van der Waals surface area (Å²) in [7, 11) is 0. The molecule has 6 rings (SSSR count). The van der Waals surface area contributed by atoms with E-state index >= 15 is 0 Å². The molecule has 4 aliphatic rings. The number of carbonyl (C=O) groups is 2. The summed E-state index contributed by atoms with van der Waals surface area (Å²) in [5.41, 5.74) is -1.02. The van der Waals surface area contributed by atoms with Crippen LogP contribution in [0.4, 0.5) is 5.82 Å². The minimum Gasteiger partial charge on any atom is -0.454 e. The van der Waals surface area contributed by atoms with Gasteiger partial charge in [0.05, 0.1) is 19.3 Å². The van der Waals surface area contributed by atoms with Crippen LogP contribution in [0.15, 0.2) is 48.9 Å². The molecular formula is C27H35N4O4+. The molecule has 3 saturated heterocycles. The Bertz CT molecular complexity index is 1020. The fraction of sp³-hybridized carbons (Fsp3) is 0.556. The van der Waals surface area contributed by atoms with Gasteiger partial charge in [0, 0.05) is 37.1 Å². The molecule has 1 unspecified atom stereocenters. The van der Waals surface area contributed by atoms with Crippen molar-refractivity contribution in [1.29, 1.82) is 0 Å². The number of aliphatic hydroxyl groups is 1. The fourth-order valence-corrected chi connectivity index (χ4v) is 6.39. The summed E-state index contributed by atoms with van der Waals surface area (Å²) in [5, 5.41) is 14.7. The molecule has 1 amide bonds. The topological polar surface area (TPSA) is 101 Å². The molecule has 0 spiro atoms. The van der Waals surface area contributed by atoms with Crippen LogP contribution < -0.4 is 5.32 Å². The Morgan fingerprint density at radius 1 is 1.06 bits per heavy atom. The molecule has 1 aliphatic carbocycles. The molecule has 8 heteroatoms. The molecule has 0 radical (unpaired) electrons. The van der Waals surface area contributed by atoms with Gasteiger partial charge in [-0.3, -0.25) is 9.78 Å². The molecule has 4 fully saturated rings. The number of amides is 1. The first-order valence-corrected chi connectivity index (χ1v) is 12.9. The lowest BCUT2D eigenvalue weighted by Crippen LogP contribution is -2.66. The molecule has 1 aromatic carbocycles. The molecule has 186 valence electrons. The largest absolute Gasteiger partial charge is 0.454 e. The first-order valence-electron chi connectivity index (χ1n) is 12.9. The maximum absolute atomic E-state index is 13.7. The first-order chi connectivity index (χ1) is 17.0. The summed E-state index contributed by atoms with van der Waals surface area (Å²) in [6.45, 7) is 2.68. The molecule has 2 bridgehead atoms. The summed E-state index contributed by atoms with van der Waals surface area (Å²) in [4.78, 5) is 34.6. The average Bonchev–Trinajstić information content (AvgIpc) is 2.90. The van der Waals surface area contributed by atoms with Crippen molar-refractivity contribution in [3.8, 4) is 0 Å². The van der Waals surface area contributed by atoms with E-state index in [0.29, 0.717) is 29.0 Å². The number of anilines is 1. The van der Waals surface area contributed by atoms with Crippen molar-refractivity contribution in [3.05, 3.63) is 54.5 Å². The Labute approximate surface area is 206 Å². The van der Waals surface area contributed by atoms with Gasteiger partial charge in [0.1, 0.15) is 6.54 Å². The van der Waals surface area contributed by atoms with Gasteiger partial charge >= 0.3 is 5.97 Å². The van der Waals surface area contributed by atoms with Crippen molar-refractivity contribution in [3.63, 3.8) is 0 Å². The standard InChI is InChI=1S/C27H34N4O4/c32-25(30-24-17-28-13-14-29-24)19-31-15-11-20(12-16-31)23(18-31)35-26(33)27(34,21-7-3-1-4-8-21)22-9-5-2-6-10-22/h1,3-4,7-8,13-14,17,20,22-23,34H,2,5-6,9-12,15-16,18-19H2/p+1/t20?,23-,27?,31?/m0/s1. The van der Waals surface area contributed by atoms with E-state index < -0.39 is 11.6 Å². The summed E-state index contributed by atoms with van der Waals surface area (Å²) in [6, 6.07) is 9.28. The zero-order valence-corrected chi connectivity index (χ0v) is 20.1. The van der Waals surface area contributed by atoms with Crippen LogP contribution in [0.5, 0.6) is 0 Å². The van der Waals surface area contributed by atoms with E-state index in [1.807, 2.05) is 30.3 Å². The summed E-state index contributed by atoms with van der Waals surface area (Å²) in [5.74, 6) is -0.0806. The van der Waals surface area contributed by atoms with Gasteiger partial charge in [-0.15, -0.1) is 0 Å². The van der Waals surface area contributed by atoms with Crippen molar-refractivity contribution in [2.75, 3.05) is 31.5 Å². The van der Waals surface area contributed by atoms with E-state index in [9.17, 15) is 14.7 Å². The minimum absolute atomic E-state index is 0.112. The molecule has 1 aromatic heterocycles. The third-order valence-electron chi connectivity index (χ3n) is 8.33. The smallest absolute Gasteiger partial charge is 0.343 e. The quantitative estimate of drug-likeness (QED) is 0.468. The maximum atomic E-state index is 13.7. The number of fused-ring (bicyclic) bond motifs is 3. The summed E-state index contributed by atoms with van der Waals surface area (Å²) >= 11 is 0. The number of benzene rings is 1. The number of rotatable bonds is 7. The monoisotopic (exact) mass is 479 g/mol. The van der Waals surface area contributed by atoms with Crippen LogP contribution in [0, 0.1) is 11.8 Å². The van der Waals surface area contributed by atoms with Crippen LogP contribution in [0.25, 0.3) is 0 Å². The second kappa shape index (κ2) is 10.0. The number of hydrogen-bond donors (Lipinski definition) is 2. The van der Waals surface area contributed by atoms with Crippen molar-refractivity contribution >= 4 is 17.7 Å². The Kier molecular flexibility index (Phi) is 6.84. The number of piperidine rings is 3. The Morgan fingerprint density at radius 2 is 1.80 bits per heavy atom. The molecule has 2 atom stereocenters. The van der Waals surface area contributed by atoms with Crippen LogP contribution in [-0.4, -0.2) is 63.7 Å². The van der Waals surface area contributed by atoms with Gasteiger partial charge in [0.2, 0.25) is 0 Å². The van der Waals surface area contributed by atoms with E-state index in [1.165, 1.54) is 6.20 Å². The minimum atomic E-state index is -1.64. The summed E-state index contributed by atoms with van der Waals surface area (Å²) < 4.78 is 6.76. The van der Waals surface area contributed by atoms with Gasteiger partial charge < -0.3 is 19.6 Å².